The number of aromatic nitrogens is 2. The number of nitrogens with one attached hydrogen (secondary N) is 3. The lowest BCUT2D eigenvalue weighted by molar-refractivity contribution is 0.252. The number of hydrogen-bond donors (Lipinski definition) is 3. The van der Waals surface area contributed by atoms with Crippen molar-refractivity contribution in [3.05, 3.63) is 46.5 Å². The molecule has 5 nitrogen and oxygen atoms in total. The summed E-state index contributed by atoms with van der Waals surface area (Å²) in [7, 11) is 0. The van der Waals surface area contributed by atoms with E-state index in [-0.39, 0.29) is 6.03 Å². The molecule has 0 bridgehead atoms. The van der Waals surface area contributed by atoms with Gasteiger partial charge in [0.2, 0.25) is 0 Å². The lowest BCUT2D eigenvalue weighted by Crippen LogP contribution is -2.30. The fourth-order valence-electron chi connectivity index (χ4n) is 1.48. The lowest BCUT2D eigenvalue weighted by atomic mass is 10.3. The number of amides is 2. The van der Waals surface area contributed by atoms with E-state index in [1.54, 1.807) is 30.7 Å². The van der Waals surface area contributed by atoms with Crippen LogP contribution < -0.4 is 10.6 Å². The Morgan fingerprint density at radius 3 is 2.84 bits per heavy atom. The summed E-state index contributed by atoms with van der Waals surface area (Å²) in [5.74, 6) is 0. The predicted molar refractivity (Wildman–Crippen MR) is 75.8 cm³/mol. The van der Waals surface area contributed by atoms with Crippen LogP contribution in [-0.4, -0.2) is 22.5 Å². The zero-order valence-electron chi connectivity index (χ0n) is 9.91. The van der Waals surface area contributed by atoms with Crippen molar-refractivity contribution in [2.45, 2.75) is 6.42 Å². The second-order valence-corrected chi connectivity index (χ2v) is 4.65. The SMILES string of the molecule is O=C(NCCc1cnc[nH]1)Nc1ccc(Cl)c(Cl)c1. The van der Waals surface area contributed by atoms with Gasteiger partial charge < -0.3 is 15.6 Å². The number of nitrogens with zero attached hydrogens (tertiary/aromatic N) is 1. The van der Waals surface area contributed by atoms with Gasteiger partial charge in [-0.05, 0) is 18.2 Å². The van der Waals surface area contributed by atoms with E-state index in [2.05, 4.69) is 20.6 Å². The monoisotopic (exact) mass is 298 g/mol. The summed E-state index contributed by atoms with van der Waals surface area (Å²) < 4.78 is 0. The first kappa shape index (κ1) is 13.7. The minimum atomic E-state index is -0.294. The van der Waals surface area contributed by atoms with Gasteiger partial charge in [0.05, 0.1) is 16.4 Å². The average Bonchev–Trinajstić information content (AvgIpc) is 2.87. The summed E-state index contributed by atoms with van der Waals surface area (Å²) in [6.45, 7) is 0.509. The van der Waals surface area contributed by atoms with Crippen molar-refractivity contribution in [3.8, 4) is 0 Å². The molecule has 100 valence electrons. The number of hydrogen-bond acceptors (Lipinski definition) is 2. The molecule has 7 heteroatoms. The number of aromatic amines is 1. The van der Waals surface area contributed by atoms with Crippen LogP contribution >= 0.6 is 23.2 Å². The van der Waals surface area contributed by atoms with Crippen LogP contribution in [0, 0.1) is 0 Å². The fraction of sp³-hybridized carbons (Fsp3) is 0.167. The summed E-state index contributed by atoms with van der Waals surface area (Å²) in [4.78, 5) is 18.5. The number of imidazole rings is 1. The molecule has 0 spiro atoms. The van der Waals surface area contributed by atoms with Crippen LogP contribution in [0.5, 0.6) is 0 Å². The minimum absolute atomic E-state index is 0.294. The van der Waals surface area contributed by atoms with E-state index in [9.17, 15) is 4.79 Å². The van der Waals surface area contributed by atoms with Crippen molar-refractivity contribution in [2.24, 2.45) is 0 Å². The molecule has 1 heterocycles. The number of urea groups is 1. The van der Waals surface area contributed by atoms with Crippen LogP contribution in [0.1, 0.15) is 5.69 Å². The Morgan fingerprint density at radius 2 is 2.16 bits per heavy atom. The van der Waals surface area contributed by atoms with Crippen LogP contribution in [0.3, 0.4) is 0 Å². The van der Waals surface area contributed by atoms with Gasteiger partial charge in [0.15, 0.2) is 0 Å². The number of anilines is 1. The molecule has 0 aliphatic rings. The van der Waals surface area contributed by atoms with Gasteiger partial charge in [0.1, 0.15) is 0 Å². The molecular formula is C12H12Cl2N4O. The number of halogens is 2. The Labute approximate surface area is 120 Å². The Morgan fingerprint density at radius 1 is 1.32 bits per heavy atom. The average molecular weight is 299 g/mol. The highest BCUT2D eigenvalue weighted by Gasteiger charge is 2.04. The third-order valence-electron chi connectivity index (χ3n) is 2.41. The van der Waals surface area contributed by atoms with Crippen molar-refractivity contribution in [1.82, 2.24) is 15.3 Å². The van der Waals surface area contributed by atoms with Crippen molar-refractivity contribution in [1.29, 1.82) is 0 Å². The molecule has 1 aromatic carbocycles. The van der Waals surface area contributed by atoms with Gasteiger partial charge >= 0.3 is 6.03 Å². The molecule has 3 N–H and O–H groups in total. The first-order valence-corrected chi connectivity index (χ1v) is 6.38. The molecule has 0 aliphatic carbocycles. The molecule has 0 fully saturated rings. The van der Waals surface area contributed by atoms with E-state index in [1.807, 2.05) is 0 Å². The lowest BCUT2D eigenvalue weighted by Gasteiger charge is -2.07. The van der Waals surface area contributed by atoms with Crippen LogP contribution in [0.25, 0.3) is 0 Å². The summed E-state index contributed by atoms with van der Waals surface area (Å²) in [6.07, 6.45) is 4.01. The first-order chi connectivity index (χ1) is 9.15. The zero-order chi connectivity index (χ0) is 13.7. The summed E-state index contributed by atoms with van der Waals surface area (Å²) in [5.41, 5.74) is 1.56. The molecule has 0 atom stereocenters. The molecule has 0 aliphatic heterocycles. The topological polar surface area (TPSA) is 69.8 Å². The minimum Gasteiger partial charge on any atom is -0.348 e. The van der Waals surface area contributed by atoms with Gasteiger partial charge in [-0.25, -0.2) is 9.78 Å². The largest absolute Gasteiger partial charge is 0.348 e. The number of H-pyrrole nitrogens is 1. The maximum Gasteiger partial charge on any atom is 0.319 e. The van der Waals surface area contributed by atoms with Crippen molar-refractivity contribution < 1.29 is 4.79 Å². The van der Waals surface area contributed by atoms with Gasteiger partial charge in [0, 0.05) is 30.5 Å². The Kier molecular flexibility index (Phi) is 4.65. The second-order valence-electron chi connectivity index (χ2n) is 3.84. The molecule has 0 saturated heterocycles. The summed E-state index contributed by atoms with van der Waals surface area (Å²) in [5, 5.41) is 6.25. The van der Waals surface area contributed by atoms with Gasteiger partial charge in [-0.1, -0.05) is 23.2 Å². The zero-order valence-corrected chi connectivity index (χ0v) is 11.4. The van der Waals surface area contributed by atoms with Crippen LogP contribution in [0.2, 0.25) is 10.0 Å². The highest BCUT2D eigenvalue weighted by atomic mass is 35.5. The highest BCUT2D eigenvalue weighted by molar-refractivity contribution is 6.42. The molecule has 0 saturated carbocycles. The molecule has 0 radical (unpaired) electrons. The van der Waals surface area contributed by atoms with Gasteiger partial charge in [0.25, 0.3) is 0 Å². The highest BCUT2D eigenvalue weighted by Crippen LogP contribution is 2.24. The third-order valence-corrected chi connectivity index (χ3v) is 3.15. The molecule has 2 rings (SSSR count). The second kappa shape index (κ2) is 6.45. The van der Waals surface area contributed by atoms with E-state index in [0.717, 1.165) is 5.69 Å². The van der Waals surface area contributed by atoms with Crippen molar-refractivity contribution in [3.63, 3.8) is 0 Å². The van der Waals surface area contributed by atoms with Crippen LogP contribution in [0.15, 0.2) is 30.7 Å². The number of carbonyl (C=O) groups excluding carboxylic acids is 1. The van der Waals surface area contributed by atoms with E-state index in [1.165, 1.54) is 0 Å². The van der Waals surface area contributed by atoms with E-state index >= 15 is 0 Å². The molecular weight excluding hydrogens is 287 g/mol. The molecule has 1 aromatic heterocycles. The number of rotatable bonds is 4. The molecule has 19 heavy (non-hydrogen) atoms. The standard InChI is InChI=1S/C12H12Cl2N4O/c13-10-2-1-8(5-11(10)14)18-12(19)16-4-3-9-6-15-7-17-9/h1-2,5-7H,3-4H2,(H,15,17)(H2,16,18,19). The Hall–Kier alpha value is -1.72. The predicted octanol–water partition coefficient (Wildman–Crippen LogP) is 3.08. The summed E-state index contributed by atoms with van der Waals surface area (Å²) in [6, 6.07) is 4.61. The Balaban J connectivity index is 1.79. The summed E-state index contributed by atoms with van der Waals surface area (Å²) >= 11 is 11.6. The Bertz CT molecular complexity index is 557. The van der Waals surface area contributed by atoms with E-state index in [4.69, 9.17) is 23.2 Å². The molecule has 0 unspecified atom stereocenters. The van der Waals surface area contributed by atoms with Gasteiger partial charge in [-0.15, -0.1) is 0 Å². The fourth-order valence-corrected chi connectivity index (χ4v) is 1.78. The van der Waals surface area contributed by atoms with Gasteiger partial charge in [-0.3, -0.25) is 0 Å². The molecule has 2 amide bonds. The number of carbonyl (C=O) groups is 1. The third kappa shape index (κ3) is 4.15. The normalized spacial score (nSPS) is 10.2. The molecule has 2 aromatic rings. The van der Waals surface area contributed by atoms with Gasteiger partial charge in [-0.2, -0.15) is 0 Å². The van der Waals surface area contributed by atoms with Crippen molar-refractivity contribution >= 4 is 34.9 Å². The maximum absolute atomic E-state index is 11.6. The van der Waals surface area contributed by atoms with Crippen molar-refractivity contribution in [2.75, 3.05) is 11.9 Å². The van der Waals surface area contributed by atoms with E-state index in [0.29, 0.717) is 28.7 Å². The van der Waals surface area contributed by atoms with Crippen LogP contribution in [-0.2, 0) is 6.42 Å². The quantitative estimate of drug-likeness (QED) is 0.812. The first-order valence-electron chi connectivity index (χ1n) is 5.62. The van der Waals surface area contributed by atoms with E-state index < -0.39 is 0 Å². The maximum atomic E-state index is 11.6. The number of benzene rings is 1. The van der Waals surface area contributed by atoms with Crippen LogP contribution in [0.4, 0.5) is 10.5 Å². The smallest absolute Gasteiger partial charge is 0.319 e.